The molecule has 1 amide bonds. The van der Waals surface area contributed by atoms with Gasteiger partial charge in [-0.2, -0.15) is 0 Å². The summed E-state index contributed by atoms with van der Waals surface area (Å²) < 4.78 is 5.07. The predicted molar refractivity (Wildman–Crippen MR) is 71.1 cm³/mol. The summed E-state index contributed by atoms with van der Waals surface area (Å²) in [7, 11) is 1.55. The van der Waals surface area contributed by atoms with E-state index in [0.29, 0.717) is 5.75 Å². The fourth-order valence-electron chi connectivity index (χ4n) is 1.64. The molecule has 0 aliphatic rings. The molecule has 0 unspecified atom stereocenters. The van der Waals surface area contributed by atoms with Crippen LogP contribution in [0.3, 0.4) is 0 Å². The Kier molecular flexibility index (Phi) is 5.60. The summed E-state index contributed by atoms with van der Waals surface area (Å²) in [6, 6.07) is 7.13. The second kappa shape index (κ2) is 7.20. The molecular formula is C14H17NO4. The van der Waals surface area contributed by atoms with Crippen molar-refractivity contribution in [3.63, 3.8) is 0 Å². The Labute approximate surface area is 112 Å². The van der Waals surface area contributed by atoms with E-state index in [1.165, 1.54) is 11.0 Å². The van der Waals surface area contributed by atoms with E-state index in [2.05, 4.69) is 6.58 Å². The minimum atomic E-state index is -1.04. The van der Waals surface area contributed by atoms with Gasteiger partial charge in [-0.25, -0.2) is 0 Å². The molecule has 1 N–H and O–H groups in total. The number of hydrogen-bond donors (Lipinski definition) is 1. The van der Waals surface area contributed by atoms with Crippen molar-refractivity contribution in [1.29, 1.82) is 0 Å². The first-order valence-corrected chi connectivity index (χ1v) is 5.80. The van der Waals surface area contributed by atoms with E-state index in [0.717, 1.165) is 5.56 Å². The zero-order valence-corrected chi connectivity index (χ0v) is 10.8. The summed E-state index contributed by atoms with van der Waals surface area (Å²) in [6.07, 6.45) is 1.64. The zero-order chi connectivity index (χ0) is 14.3. The van der Waals surface area contributed by atoms with Crippen LogP contribution in [0.2, 0.25) is 0 Å². The topological polar surface area (TPSA) is 66.8 Å². The van der Waals surface area contributed by atoms with Crippen LogP contribution in [0, 0.1) is 0 Å². The fourth-order valence-corrected chi connectivity index (χ4v) is 1.64. The maximum absolute atomic E-state index is 12.0. The van der Waals surface area contributed by atoms with Gasteiger partial charge in [-0.15, -0.1) is 6.58 Å². The molecule has 0 fully saturated rings. The van der Waals surface area contributed by atoms with Gasteiger partial charge in [0.05, 0.1) is 13.5 Å². The molecule has 0 aromatic heterocycles. The minimum Gasteiger partial charge on any atom is -0.497 e. The number of amides is 1. The number of carboxylic acids is 1. The van der Waals surface area contributed by atoms with Crippen LogP contribution < -0.4 is 4.74 Å². The summed E-state index contributed by atoms with van der Waals surface area (Å²) >= 11 is 0. The van der Waals surface area contributed by atoms with Crippen LogP contribution >= 0.6 is 0 Å². The van der Waals surface area contributed by atoms with Crippen molar-refractivity contribution in [3.05, 3.63) is 42.5 Å². The van der Waals surface area contributed by atoms with Crippen molar-refractivity contribution >= 4 is 11.9 Å². The number of methoxy groups -OCH3 is 1. The van der Waals surface area contributed by atoms with Crippen molar-refractivity contribution < 1.29 is 19.4 Å². The first kappa shape index (κ1) is 14.8. The summed E-state index contributed by atoms with van der Waals surface area (Å²) in [5, 5.41) is 8.76. The highest BCUT2D eigenvalue weighted by molar-refractivity contribution is 5.83. The predicted octanol–water partition coefficient (Wildman–Crippen LogP) is 1.34. The van der Waals surface area contributed by atoms with E-state index >= 15 is 0 Å². The lowest BCUT2D eigenvalue weighted by Crippen LogP contribution is -2.36. The lowest BCUT2D eigenvalue weighted by molar-refractivity contribution is -0.143. The fraction of sp³-hybridized carbons (Fsp3) is 0.286. The van der Waals surface area contributed by atoms with Crippen molar-refractivity contribution in [2.24, 2.45) is 0 Å². The van der Waals surface area contributed by atoms with Crippen LogP contribution in [0.15, 0.2) is 36.9 Å². The highest BCUT2D eigenvalue weighted by Crippen LogP contribution is 2.13. The number of nitrogens with zero attached hydrogens (tertiary/aromatic N) is 1. The average Bonchev–Trinajstić information content (AvgIpc) is 2.38. The highest BCUT2D eigenvalue weighted by Gasteiger charge is 2.15. The minimum absolute atomic E-state index is 0.137. The summed E-state index contributed by atoms with van der Waals surface area (Å²) in [6.45, 7) is 3.41. The van der Waals surface area contributed by atoms with Gasteiger partial charge in [-0.1, -0.05) is 18.2 Å². The van der Waals surface area contributed by atoms with Gasteiger partial charge in [0.1, 0.15) is 12.3 Å². The van der Waals surface area contributed by atoms with Crippen LogP contribution in [0.4, 0.5) is 0 Å². The SMILES string of the molecule is C=CCN(CC(=O)O)C(=O)Cc1cccc(OC)c1. The molecule has 0 radical (unpaired) electrons. The van der Waals surface area contributed by atoms with Crippen LogP contribution in [0.5, 0.6) is 5.75 Å². The molecule has 0 heterocycles. The van der Waals surface area contributed by atoms with Gasteiger partial charge < -0.3 is 14.7 Å². The number of aliphatic carboxylic acids is 1. The highest BCUT2D eigenvalue weighted by atomic mass is 16.5. The Morgan fingerprint density at radius 1 is 1.47 bits per heavy atom. The lowest BCUT2D eigenvalue weighted by Gasteiger charge is -2.18. The molecule has 0 saturated carbocycles. The molecule has 5 heteroatoms. The molecule has 0 atom stereocenters. The molecule has 0 aliphatic heterocycles. The third-order valence-corrected chi connectivity index (χ3v) is 2.52. The number of carboxylic acid groups (broad SMARTS) is 1. The molecule has 102 valence electrons. The Bertz CT molecular complexity index is 470. The van der Waals surface area contributed by atoms with Gasteiger partial charge in [0.25, 0.3) is 0 Å². The van der Waals surface area contributed by atoms with Crippen molar-refractivity contribution in [3.8, 4) is 5.75 Å². The molecule has 1 aromatic rings. The maximum Gasteiger partial charge on any atom is 0.323 e. The molecule has 1 aromatic carbocycles. The number of benzene rings is 1. The summed E-state index contributed by atoms with van der Waals surface area (Å²) in [5.41, 5.74) is 0.781. The second-order valence-electron chi connectivity index (χ2n) is 3.98. The van der Waals surface area contributed by atoms with Gasteiger partial charge in [0, 0.05) is 6.54 Å². The van der Waals surface area contributed by atoms with Crippen LogP contribution in [0.1, 0.15) is 5.56 Å². The lowest BCUT2D eigenvalue weighted by atomic mass is 10.1. The maximum atomic E-state index is 12.0. The third-order valence-electron chi connectivity index (χ3n) is 2.52. The van der Waals surface area contributed by atoms with E-state index < -0.39 is 5.97 Å². The van der Waals surface area contributed by atoms with Crippen LogP contribution in [-0.4, -0.2) is 42.1 Å². The normalized spacial score (nSPS) is 9.74. The Morgan fingerprint density at radius 2 is 2.21 bits per heavy atom. The smallest absolute Gasteiger partial charge is 0.323 e. The van der Waals surface area contributed by atoms with Crippen molar-refractivity contribution in [2.45, 2.75) is 6.42 Å². The molecular weight excluding hydrogens is 246 g/mol. The van der Waals surface area contributed by atoms with Gasteiger partial charge in [0.15, 0.2) is 0 Å². The van der Waals surface area contributed by atoms with Gasteiger partial charge in [-0.05, 0) is 17.7 Å². The zero-order valence-electron chi connectivity index (χ0n) is 10.8. The van der Waals surface area contributed by atoms with Gasteiger partial charge in [0.2, 0.25) is 5.91 Å². The molecule has 0 saturated heterocycles. The average molecular weight is 263 g/mol. The van der Waals surface area contributed by atoms with Gasteiger partial charge in [-0.3, -0.25) is 9.59 Å². The number of carbonyl (C=O) groups excluding carboxylic acids is 1. The molecule has 5 nitrogen and oxygen atoms in total. The Morgan fingerprint density at radius 3 is 2.79 bits per heavy atom. The number of ether oxygens (including phenoxy) is 1. The molecule has 0 bridgehead atoms. The first-order chi connectivity index (χ1) is 9.06. The monoisotopic (exact) mass is 263 g/mol. The van der Waals surface area contributed by atoms with E-state index in [1.54, 1.807) is 31.4 Å². The van der Waals surface area contributed by atoms with E-state index in [-0.39, 0.29) is 25.4 Å². The molecule has 0 aliphatic carbocycles. The van der Waals surface area contributed by atoms with Crippen molar-refractivity contribution in [1.82, 2.24) is 4.90 Å². The van der Waals surface area contributed by atoms with E-state index in [9.17, 15) is 9.59 Å². The standard InChI is InChI=1S/C14H17NO4/c1-3-7-15(10-14(17)18)13(16)9-11-5-4-6-12(8-11)19-2/h3-6,8H,1,7,9-10H2,2H3,(H,17,18). The largest absolute Gasteiger partial charge is 0.497 e. The molecule has 1 rings (SSSR count). The van der Waals surface area contributed by atoms with Gasteiger partial charge >= 0.3 is 5.97 Å². The number of rotatable bonds is 7. The summed E-state index contributed by atoms with van der Waals surface area (Å²) in [5.74, 6) is -0.629. The van der Waals surface area contributed by atoms with Crippen molar-refractivity contribution in [2.75, 3.05) is 20.2 Å². The second-order valence-corrected chi connectivity index (χ2v) is 3.98. The Hall–Kier alpha value is -2.30. The first-order valence-electron chi connectivity index (χ1n) is 5.80. The molecule has 19 heavy (non-hydrogen) atoms. The third kappa shape index (κ3) is 4.83. The van der Waals surface area contributed by atoms with E-state index in [1.807, 2.05) is 0 Å². The number of hydrogen-bond acceptors (Lipinski definition) is 3. The number of carbonyl (C=O) groups is 2. The van der Waals surface area contributed by atoms with E-state index in [4.69, 9.17) is 9.84 Å². The summed E-state index contributed by atoms with van der Waals surface area (Å²) in [4.78, 5) is 24.0. The van der Waals surface area contributed by atoms with Crippen LogP contribution in [0.25, 0.3) is 0 Å². The Balaban J connectivity index is 2.74. The quantitative estimate of drug-likeness (QED) is 0.754. The van der Waals surface area contributed by atoms with Crippen LogP contribution in [-0.2, 0) is 16.0 Å². The molecule has 0 spiro atoms.